The molecule has 202 valence electrons. The maximum atomic E-state index is 10.1. The van der Waals surface area contributed by atoms with Crippen molar-refractivity contribution in [2.75, 3.05) is 0 Å². The first-order valence-electron chi connectivity index (χ1n) is 14.6. The molecule has 0 unspecified atom stereocenters. The number of nitrogens with zero attached hydrogens (tertiary/aromatic N) is 4. The number of hydrogen-bond acceptors (Lipinski definition) is 4. The van der Waals surface area contributed by atoms with E-state index in [1.165, 1.54) is 26.4 Å². The van der Waals surface area contributed by atoms with Gasteiger partial charge in [0.15, 0.2) is 0 Å². The maximum Gasteiger partial charge on any atom is 0.143 e. The van der Waals surface area contributed by atoms with E-state index >= 15 is 0 Å². The SMILES string of the molecule is N#Cc1cc2cc(-c3nc4sc5ccccc5c4nc3-c3ccccc3)cc3c4cccc5c6ccccc6n(c(c1)c23)c45. The summed E-state index contributed by atoms with van der Waals surface area (Å²) in [6.07, 6.45) is 0. The van der Waals surface area contributed by atoms with E-state index in [9.17, 15) is 5.26 Å². The second-order valence-corrected chi connectivity index (χ2v) is 12.4. The predicted octanol–water partition coefficient (Wildman–Crippen LogP) is 10.4. The zero-order chi connectivity index (χ0) is 28.9. The smallest absolute Gasteiger partial charge is 0.143 e. The molecule has 0 amide bonds. The Bertz CT molecular complexity index is 2840. The number of nitriles is 1. The van der Waals surface area contributed by atoms with Crippen molar-refractivity contribution >= 4 is 80.6 Å². The van der Waals surface area contributed by atoms with Crippen molar-refractivity contribution in [1.29, 1.82) is 5.26 Å². The van der Waals surface area contributed by atoms with Crippen LogP contribution in [-0.2, 0) is 0 Å². The molecule has 0 aliphatic carbocycles. The number of benzene rings is 6. The summed E-state index contributed by atoms with van der Waals surface area (Å²) in [5, 5.41) is 18.2. The lowest BCUT2D eigenvalue weighted by atomic mass is 9.93. The van der Waals surface area contributed by atoms with Crippen molar-refractivity contribution in [3.05, 3.63) is 127 Å². The van der Waals surface area contributed by atoms with Crippen molar-refractivity contribution < 1.29 is 0 Å². The van der Waals surface area contributed by atoms with E-state index < -0.39 is 0 Å². The van der Waals surface area contributed by atoms with Crippen LogP contribution in [0.1, 0.15) is 5.56 Å². The second kappa shape index (κ2) is 8.61. The lowest BCUT2D eigenvalue weighted by molar-refractivity contribution is 1.32. The molecule has 0 aliphatic heterocycles. The summed E-state index contributed by atoms with van der Waals surface area (Å²) >= 11 is 1.68. The topological polar surface area (TPSA) is 54.0 Å². The third-order valence-corrected chi connectivity index (χ3v) is 9.97. The van der Waals surface area contributed by atoms with Crippen LogP contribution in [0.25, 0.3) is 91.8 Å². The van der Waals surface area contributed by atoms with E-state index in [0.717, 1.165) is 65.4 Å². The highest BCUT2D eigenvalue weighted by atomic mass is 32.1. The van der Waals surface area contributed by atoms with Gasteiger partial charge in [0.1, 0.15) is 10.3 Å². The molecule has 44 heavy (non-hydrogen) atoms. The monoisotopic (exact) mass is 576 g/mol. The third-order valence-electron chi connectivity index (χ3n) is 8.92. The fraction of sp³-hybridized carbons (Fsp3) is 0. The third kappa shape index (κ3) is 3.10. The molecule has 4 nitrogen and oxygen atoms in total. The number of para-hydroxylation sites is 2. The molecule has 6 aromatic carbocycles. The van der Waals surface area contributed by atoms with E-state index in [4.69, 9.17) is 9.97 Å². The molecule has 0 N–H and O–H groups in total. The van der Waals surface area contributed by atoms with Crippen LogP contribution in [0.15, 0.2) is 121 Å². The zero-order valence-electron chi connectivity index (χ0n) is 23.2. The molecule has 10 aromatic rings. The summed E-state index contributed by atoms with van der Waals surface area (Å²) in [5.74, 6) is 0. The average Bonchev–Trinajstić information content (AvgIpc) is 3.62. The van der Waals surface area contributed by atoms with E-state index in [0.29, 0.717) is 5.56 Å². The van der Waals surface area contributed by atoms with Gasteiger partial charge in [-0.15, -0.1) is 11.3 Å². The molecule has 5 heteroatoms. The zero-order valence-corrected chi connectivity index (χ0v) is 24.1. The molecular weight excluding hydrogens is 557 g/mol. The molecular formula is C39H20N4S. The van der Waals surface area contributed by atoms with Gasteiger partial charge in [-0.1, -0.05) is 84.9 Å². The molecule has 0 saturated heterocycles. The molecule has 4 aromatic heterocycles. The fourth-order valence-corrected chi connectivity index (χ4v) is 8.11. The van der Waals surface area contributed by atoms with Gasteiger partial charge >= 0.3 is 0 Å². The Hall–Kier alpha value is -5.83. The van der Waals surface area contributed by atoms with Crippen LogP contribution >= 0.6 is 11.3 Å². The second-order valence-electron chi connectivity index (χ2n) is 11.3. The fourth-order valence-electron chi connectivity index (χ4n) is 7.09. The molecule has 4 heterocycles. The summed E-state index contributed by atoms with van der Waals surface area (Å²) < 4.78 is 3.52. The lowest BCUT2D eigenvalue weighted by Crippen LogP contribution is -1.97. The Morgan fingerprint density at radius 1 is 0.591 bits per heavy atom. The van der Waals surface area contributed by atoms with Crippen molar-refractivity contribution in [3.63, 3.8) is 0 Å². The van der Waals surface area contributed by atoms with Crippen LogP contribution in [0.2, 0.25) is 0 Å². The molecule has 0 atom stereocenters. The number of pyridine rings is 1. The molecule has 0 saturated carbocycles. The van der Waals surface area contributed by atoms with Gasteiger partial charge in [-0.05, 0) is 47.2 Å². The predicted molar refractivity (Wildman–Crippen MR) is 183 cm³/mol. The van der Waals surface area contributed by atoms with Crippen LogP contribution < -0.4 is 0 Å². The van der Waals surface area contributed by atoms with Crippen molar-refractivity contribution in [3.8, 4) is 28.6 Å². The number of hydrogen-bond donors (Lipinski definition) is 0. The van der Waals surface area contributed by atoms with Crippen LogP contribution in [0.3, 0.4) is 0 Å². The van der Waals surface area contributed by atoms with Gasteiger partial charge in [-0.3, -0.25) is 0 Å². The first-order chi connectivity index (χ1) is 21.8. The Morgan fingerprint density at radius 2 is 1.32 bits per heavy atom. The number of rotatable bonds is 2. The highest BCUT2D eigenvalue weighted by Crippen LogP contribution is 2.44. The van der Waals surface area contributed by atoms with E-state index in [-0.39, 0.29) is 0 Å². The Balaban J connectivity index is 1.39. The van der Waals surface area contributed by atoms with Gasteiger partial charge < -0.3 is 4.40 Å². The number of thiophene rings is 1. The largest absolute Gasteiger partial charge is 0.308 e. The summed E-state index contributed by atoms with van der Waals surface area (Å²) in [6, 6.07) is 44.8. The van der Waals surface area contributed by atoms with Crippen molar-refractivity contribution in [2.24, 2.45) is 0 Å². The first-order valence-corrected chi connectivity index (χ1v) is 15.4. The number of aromatic nitrogens is 3. The molecule has 0 fully saturated rings. The molecule has 0 radical (unpaired) electrons. The summed E-state index contributed by atoms with van der Waals surface area (Å²) in [4.78, 5) is 11.6. The number of fused-ring (bicyclic) bond motifs is 8. The van der Waals surface area contributed by atoms with Crippen LogP contribution in [0.5, 0.6) is 0 Å². The molecule has 0 bridgehead atoms. The van der Waals surface area contributed by atoms with E-state index in [2.05, 4.69) is 101 Å². The van der Waals surface area contributed by atoms with E-state index in [1.807, 2.05) is 30.3 Å². The summed E-state index contributed by atoms with van der Waals surface area (Å²) in [6.45, 7) is 0. The minimum Gasteiger partial charge on any atom is -0.308 e. The maximum absolute atomic E-state index is 10.1. The van der Waals surface area contributed by atoms with Crippen LogP contribution in [-0.4, -0.2) is 14.4 Å². The Kier molecular flexibility index (Phi) is 4.64. The van der Waals surface area contributed by atoms with Gasteiger partial charge in [0.2, 0.25) is 0 Å². The van der Waals surface area contributed by atoms with Crippen molar-refractivity contribution in [2.45, 2.75) is 0 Å². The molecule has 0 spiro atoms. The Morgan fingerprint density at radius 3 is 2.18 bits per heavy atom. The van der Waals surface area contributed by atoms with Gasteiger partial charge in [0.05, 0.1) is 39.6 Å². The van der Waals surface area contributed by atoms with Gasteiger partial charge in [0.25, 0.3) is 0 Å². The van der Waals surface area contributed by atoms with Crippen molar-refractivity contribution in [1.82, 2.24) is 14.4 Å². The highest BCUT2D eigenvalue weighted by Gasteiger charge is 2.22. The Labute approximate surface area is 255 Å². The quantitative estimate of drug-likeness (QED) is 0.152. The normalized spacial score (nSPS) is 12.1. The van der Waals surface area contributed by atoms with Gasteiger partial charge in [-0.25, -0.2) is 9.97 Å². The highest BCUT2D eigenvalue weighted by molar-refractivity contribution is 7.25. The molecule has 0 aliphatic rings. The minimum absolute atomic E-state index is 0.634. The first kappa shape index (κ1) is 23.7. The summed E-state index contributed by atoms with van der Waals surface area (Å²) in [5.41, 5.74) is 8.63. The van der Waals surface area contributed by atoms with E-state index in [1.54, 1.807) is 11.3 Å². The lowest BCUT2D eigenvalue weighted by Gasteiger charge is -2.16. The minimum atomic E-state index is 0.634. The average molecular weight is 577 g/mol. The van der Waals surface area contributed by atoms with Crippen LogP contribution in [0, 0.1) is 11.3 Å². The van der Waals surface area contributed by atoms with Gasteiger partial charge in [0, 0.05) is 42.8 Å². The molecule has 10 rings (SSSR count). The summed E-state index contributed by atoms with van der Waals surface area (Å²) in [7, 11) is 0. The standard InChI is InChI=1S/C39H20N4S/c40-21-22-17-24-19-25(36-35(23-9-2-1-3-10-23)41-37-29-12-5-7-16-33(29)44-39(37)42-36)20-30-28-14-8-13-27-26-11-4-6-15-31(26)43(38(27)28)32(18-22)34(24)30/h1-20H. The van der Waals surface area contributed by atoms with Gasteiger partial charge in [-0.2, -0.15) is 5.26 Å². The van der Waals surface area contributed by atoms with Crippen LogP contribution in [0.4, 0.5) is 0 Å².